The summed E-state index contributed by atoms with van der Waals surface area (Å²) in [4.78, 5) is 66.1. The highest BCUT2D eigenvalue weighted by Gasteiger charge is 2.64. The van der Waals surface area contributed by atoms with Gasteiger partial charge in [-0.25, -0.2) is 13.6 Å². The molecule has 14 heteroatoms. The minimum absolute atomic E-state index is 0.0791. The molecule has 0 bridgehead atoms. The number of phenolic OH excluding ortho intramolecular Hbond substituents is 1. The van der Waals surface area contributed by atoms with Crippen molar-refractivity contribution in [3.63, 3.8) is 0 Å². The average Bonchev–Trinajstić information content (AvgIpc) is 3.19. The number of β-lactam (4-membered cyclic amide) rings is 1. The van der Waals surface area contributed by atoms with Crippen LogP contribution in [0.2, 0.25) is 0 Å². The molecule has 5 rings (SSSR count). The number of nitrogens with one attached hydrogen (secondary N) is 2. The van der Waals surface area contributed by atoms with Gasteiger partial charge in [-0.15, -0.1) is 11.8 Å². The molecule has 2 fully saturated rings. The van der Waals surface area contributed by atoms with Crippen molar-refractivity contribution in [2.24, 2.45) is 0 Å². The summed E-state index contributed by atoms with van der Waals surface area (Å²) in [6.07, 6.45) is 1.18. The number of hydrogen-bond donors (Lipinski definition) is 4. The number of carboxylic acid groups (broad SMARTS) is 1. The molecule has 3 aromatic rings. The molecule has 0 radical (unpaired) electrons. The third-order valence-electron chi connectivity index (χ3n) is 7.44. The van der Waals surface area contributed by atoms with Gasteiger partial charge in [0.1, 0.15) is 34.8 Å². The van der Waals surface area contributed by atoms with Gasteiger partial charge in [-0.3, -0.25) is 19.2 Å². The Morgan fingerprint density at radius 2 is 1.74 bits per heavy atom. The van der Waals surface area contributed by atoms with E-state index in [4.69, 9.17) is 0 Å². The number of fused-ring (bicyclic) bond motifs is 2. The van der Waals surface area contributed by atoms with Crippen molar-refractivity contribution in [3.8, 4) is 5.75 Å². The van der Waals surface area contributed by atoms with Gasteiger partial charge in [0.05, 0.1) is 5.52 Å². The number of aromatic nitrogens is 1. The number of carbonyl (C=O) groups is 4. The van der Waals surface area contributed by atoms with E-state index < -0.39 is 74.6 Å². The maximum Gasteiger partial charge on any atom is 0.327 e. The number of aromatic hydroxyl groups is 1. The van der Waals surface area contributed by atoms with Crippen LogP contribution in [-0.2, 0) is 20.9 Å². The summed E-state index contributed by atoms with van der Waals surface area (Å²) in [6, 6.07) is 3.25. The van der Waals surface area contributed by atoms with E-state index >= 15 is 0 Å². The number of benzene rings is 2. The van der Waals surface area contributed by atoms with Crippen LogP contribution in [0, 0.1) is 11.6 Å². The zero-order chi connectivity index (χ0) is 30.7. The van der Waals surface area contributed by atoms with Crippen LogP contribution in [0.4, 0.5) is 8.78 Å². The standard InChI is InChI=1S/C28H26F2N4O7S/c1-4-33-11-15(21(36)14-9-16(29)17(30)10-18(14)33)23(37)31-19(12-5-7-13(35)8-6-12)24(38)32-20-25(39)34-22(27(40)41)28(2,3)42-26(20)34/h5-11,19-20,22,26,35H,4H2,1-3H3,(H,31,37)(H,32,38)(H,40,41)/t19-,20-,22+,26-/m1/s1. The Hall–Kier alpha value is -4.46. The highest BCUT2D eigenvalue weighted by atomic mass is 32.2. The van der Waals surface area contributed by atoms with Crippen molar-refractivity contribution in [2.45, 2.75) is 55.6 Å². The van der Waals surface area contributed by atoms with E-state index in [1.807, 2.05) is 0 Å². The maximum absolute atomic E-state index is 14.0. The van der Waals surface area contributed by atoms with Crippen LogP contribution in [0.5, 0.6) is 5.75 Å². The summed E-state index contributed by atoms with van der Waals surface area (Å²) in [5.41, 5.74) is -1.04. The number of aryl methyl sites for hydroxylation is 1. The molecule has 1 aromatic heterocycles. The number of hydrogen-bond acceptors (Lipinski definition) is 7. The zero-order valence-electron chi connectivity index (χ0n) is 22.6. The van der Waals surface area contributed by atoms with E-state index in [2.05, 4.69) is 10.6 Å². The quantitative estimate of drug-likeness (QED) is 0.300. The molecule has 4 atom stereocenters. The molecule has 0 unspecified atom stereocenters. The first kappa shape index (κ1) is 29.0. The highest BCUT2D eigenvalue weighted by molar-refractivity contribution is 8.01. The number of carbonyl (C=O) groups excluding carboxylic acids is 3. The Bertz CT molecular complexity index is 1710. The first-order valence-electron chi connectivity index (χ1n) is 12.9. The second-order valence-corrected chi connectivity index (χ2v) is 12.3. The van der Waals surface area contributed by atoms with Gasteiger partial charge in [-0.05, 0) is 44.5 Å². The number of phenols is 1. The summed E-state index contributed by atoms with van der Waals surface area (Å²) in [5.74, 6) is -6.12. The van der Waals surface area contributed by atoms with Gasteiger partial charge in [0.2, 0.25) is 17.2 Å². The van der Waals surface area contributed by atoms with Crippen molar-refractivity contribution in [3.05, 3.63) is 75.6 Å². The predicted octanol–water partition coefficient (Wildman–Crippen LogP) is 2.11. The topological polar surface area (TPSA) is 158 Å². The molecular formula is C28H26F2N4O7S. The van der Waals surface area contributed by atoms with E-state index in [1.54, 1.807) is 20.8 Å². The summed E-state index contributed by atoms with van der Waals surface area (Å²) >= 11 is 1.23. The normalized spacial score (nSPS) is 21.4. The molecule has 3 heterocycles. The fraction of sp³-hybridized carbons (Fsp3) is 0.321. The van der Waals surface area contributed by atoms with Crippen LogP contribution >= 0.6 is 11.8 Å². The van der Waals surface area contributed by atoms with Crippen LogP contribution < -0.4 is 16.1 Å². The zero-order valence-corrected chi connectivity index (χ0v) is 23.4. The first-order valence-corrected chi connectivity index (χ1v) is 13.8. The van der Waals surface area contributed by atoms with Gasteiger partial charge in [0, 0.05) is 28.9 Å². The van der Waals surface area contributed by atoms with E-state index in [9.17, 15) is 43.0 Å². The number of amides is 3. The van der Waals surface area contributed by atoms with E-state index in [1.165, 1.54) is 51.7 Å². The van der Waals surface area contributed by atoms with Gasteiger partial charge >= 0.3 is 5.97 Å². The maximum atomic E-state index is 14.0. The van der Waals surface area contributed by atoms with Crippen LogP contribution in [0.3, 0.4) is 0 Å². The minimum atomic E-state index is -1.45. The summed E-state index contributed by atoms with van der Waals surface area (Å²) < 4.78 is 28.5. The van der Waals surface area contributed by atoms with Crippen molar-refractivity contribution >= 4 is 46.4 Å². The van der Waals surface area contributed by atoms with Crippen molar-refractivity contribution in [1.29, 1.82) is 0 Å². The van der Waals surface area contributed by atoms with Crippen molar-refractivity contribution in [2.75, 3.05) is 0 Å². The predicted molar refractivity (Wildman–Crippen MR) is 148 cm³/mol. The summed E-state index contributed by atoms with van der Waals surface area (Å²) in [7, 11) is 0. The second kappa shape index (κ2) is 10.4. The third-order valence-corrected chi connectivity index (χ3v) is 9.02. The van der Waals surface area contributed by atoms with E-state index in [-0.39, 0.29) is 28.8 Å². The van der Waals surface area contributed by atoms with Gasteiger partial charge in [-0.1, -0.05) is 12.1 Å². The molecule has 2 aliphatic heterocycles. The molecule has 42 heavy (non-hydrogen) atoms. The minimum Gasteiger partial charge on any atom is -0.508 e. The van der Waals surface area contributed by atoms with Crippen LogP contribution in [-0.4, -0.2) is 65.6 Å². The molecule has 4 N–H and O–H groups in total. The van der Waals surface area contributed by atoms with Crippen LogP contribution in [0.25, 0.3) is 10.9 Å². The number of thioether (sulfide) groups is 1. The molecule has 2 aliphatic rings. The van der Waals surface area contributed by atoms with E-state index in [0.29, 0.717) is 6.07 Å². The van der Waals surface area contributed by atoms with Gasteiger partial charge in [0.15, 0.2) is 11.6 Å². The Labute approximate surface area is 241 Å². The Morgan fingerprint density at radius 1 is 1.10 bits per heavy atom. The fourth-order valence-electron chi connectivity index (χ4n) is 5.37. The second-order valence-electron chi connectivity index (χ2n) is 10.5. The van der Waals surface area contributed by atoms with Crippen LogP contribution in [0.1, 0.15) is 42.7 Å². The van der Waals surface area contributed by atoms with E-state index in [0.717, 1.165) is 6.07 Å². The summed E-state index contributed by atoms with van der Waals surface area (Å²) in [5, 5.41) is 23.6. The lowest BCUT2D eigenvalue weighted by Crippen LogP contribution is -2.71. The Balaban J connectivity index is 1.46. The lowest BCUT2D eigenvalue weighted by atomic mass is 9.95. The molecule has 0 saturated carbocycles. The number of aliphatic carboxylic acids is 1. The molecule has 0 spiro atoms. The molecule has 11 nitrogen and oxygen atoms in total. The fourth-order valence-corrected chi connectivity index (χ4v) is 6.99. The third kappa shape index (κ3) is 4.74. The molecule has 0 aliphatic carbocycles. The molecular weight excluding hydrogens is 574 g/mol. The first-order chi connectivity index (χ1) is 19.7. The van der Waals surface area contributed by atoms with Gasteiger partial charge in [0.25, 0.3) is 5.91 Å². The monoisotopic (exact) mass is 600 g/mol. The lowest BCUT2D eigenvalue weighted by molar-refractivity contribution is -0.161. The lowest BCUT2D eigenvalue weighted by Gasteiger charge is -2.44. The number of halogens is 2. The molecule has 3 amide bonds. The number of nitrogens with zero attached hydrogens (tertiary/aromatic N) is 2. The number of carboxylic acids is 1. The van der Waals surface area contributed by atoms with Gasteiger partial charge < -0.3 is 30.3 Å². The van der Waals surface area contributed by atoms with Crippen LogP contribution in [0.15, 0.2) is 47.4 Å². The smallest absolute Gasteiger partial charge is 0.327 e. The van der Waals surface area contributed by atoms with Crippen molar-refractivity contribution in [1.82, 2.24) is 20.1 Å². The molecule has 2 saturated heterocycles. The Morgan fingerprint density at radius 3 is 2.36 bits per heavy atom. The molecule has 220 valence electrons. The largest absolute Gasteiger partial charge is 0.508 e. The Kier molecular flexibility index (Phi) is 7.21. The summed E-state index contributed by atoms with van der Waals surface area (Å²) in [6.45, 7) is 5.26. The molecule has 2 aromatic carbocycles. The number of rotatable bonds is 7. The highest BCUT2D eigenvalue weighted by Crippen LogP contribution is 2.50. The van der Waals surface area contributed by atoms with Crippen molar-refractivity contribution < 1.29 is 38.2 Å². The average molecular weight is 601 g/mol. The SMILES string of the molecule is CCn1cc(C(=O)N[C@@H](C(=O)N[C@@H]2C(=O)N3[C@@H]2SC(C)(C)[C@@H]3C(=O)O)c2ccc(O)cc2)c(=O)c2cc(F)c(F)cc21. The number of pyridine rings is 1. The van der Waals surface area contributed by atoms with Gasteiger partial charge in [-0.2, -0.15) is 0 Å².